The van der Waals surface area contributed by atoms with Crippen LogP contribution in [-0.4, -0.2) is 92.1 Å². The second-order valence-corrected chi connectivity index (χ2v) is 8.32. The summed E-state index contributed by atoms with van der Waals surface area (Å²) in [6.45, 7) is 4.53. The van der Waals surface area contributed by atoms with Gasteiger partial charge in [0.05, 0.1) is 33.0 Å². The average molecular weight is 513 g/mol. The van der Waals surface area contributed by atoms with Crippen LogP contribution in [0.15, 0.2) is 12.2 Å². The molecule has 0 fully saturated rings. The number of carbonyl (C=O) groups is 6. The fraction of sp³-hybridized carbons (Fsp3) is 0.636. The number of urea groups is 1. The zero-order valence-corrected chi connectivity index (χ0v) is 20.6. The van der Waals surface area contributed by atoms with E-state index >= 15 is 0 Å². The van der Waals surface area contributed by atoms with Crippen molar-refractivity contribution in [1.82, 2.24) is 20.9 Å². The third-order valence-electron chi connectivity index (χ3n) is 5.10. The SMILES string of the molecule is CC(C)[C@H](NC(=O)CCOCCOCCN1C(=O)C=CC1=O)C(=O)NC(CCCNC(N)=O)C(N)=O. The van der Waals surface area contributed by atoms with Crippen molar-refractivity contribution in [3.8, 4) is 0 Å². The van der Waals surface area contributed by atoms with Gasteiger partial charge in [-0.1, -0.05) is 13.8 Å². The second-order valence-electron chi connectivity index (χ2n) is 8.32. The summed E-state index contributed by atoms with van der Waals surface area (Å²) in [5, 5.41) is 7.56. The molecular formula is C22H36N6O8. The van der Waals surface area contributed by atoms with Gasteiger partial charge < -0.3 is 36.9 Å². The number of ether oxygens (including phenoxy) is 2. The Balaban J connectivity index is 2.29. The molecular weight excluding hydrogens is 476 g/mol. The van der Waals surface area contributed by atoms with E-state index in [4.69, 9.17) is 20.9 Å². The van der Waals surface area contributed by atoms with Crippen LogP contribution in [0.5, 0.6) is 0 Å². The van der Waals surface area contributed by atoms with E-state index in [0.29, 0.717) is 6.42 Å². The maximum atomic E-state index is 12.7. The highest BCUT2D eigenvalue weighted by Gasteiger charge is 2.27. The summed E-state index contributed by atoms with van der Waals surface area (Å²) in [7, 11) is 0. The van der Waals surface area contributed by atoms with Crippen LogP contribution in [0.3, 0.4) is 0 Å². The minimum Gasteiger partial charge on any atom is -0.379 e. The summed E-state index contributed by atoms with van der Waals surface area (Å²) in [5.41, 5.74) is 10.3. The van der Waals surface area contributed by atoms with Crippen molar-refractivity contribution < 1.29 is 38.2 Å². The molecule has 202 valence electrons. The van der Waals surface area contributed by atoms with Crippen molar-refractivity contribution >= 4 is 35.6 Å². The largest absolute Gasteiger partial charge is 0.379 e. The number of hydrogen-bond acceptors (Lipinski definition) is 8. The summed E-state index contributed by atoms with van der Waals surface area (Å²) >= 11 is 0. The number of amides is 7. The minimum atomic E-state index is -0.966. The second kappa shape index (κ2) is 16.2. The van der Waals surface area contributed by atoms with Crippen molar-refractivity contribution in [3.05, 3.63) is 12.2 Å². The van der Waals surface area contributed by atoms with Gasteiger partial charge >= 0.3 is 6.03 Å². The molecule has 7 amide bonds. The fourth-order valence-electron chi connectivity index (χ4n) is 3.14. The number of carbonyl (C=O) groups excluding carboxylic acids is 6. The zero-order chi connectivity index (χ0) is 27.1. The Kier molecular flexibility index (Phi) is 13.7. The molecule has 14 nitrogen and oxygen atoms in total. The van der Waals surface area contributed by atoms with E-state index in [1.165, 1.54) is 12.2 Å². The van der Waals surface area contributed by atoms with Crippen LogP contribution in [0.4, 0.5) is 4.79 Å². The Morgan fingerprint density at radius 1 is 0.944 bits per heavy atom. The van der Waals surface area contributed by atoms with Crippen LogP contribution >= 0.6 is 0 Å². The molecule has 0 aromatic carbocycles. The standard InChI is InChI=1S/C22H36N6O8/c1-14(2)19(21(33)26-15(20(23)32)4-3-8-25-22(24)34)27-16(29)7-10-35-12-13-36-11-9-28-17(30)5-6-18(28)31/h5-6,14-15,19H,3-4,7-13H2,1-2H3,(H2,23,32)(H,26,33)(H,27,29)(H3,24,25,34)/t15?,19-/m0/s1. The first-order chi connectivity index (χ1) is 17.0. The van der Waals surface area contributed by atoms with Crippen molar-refractivity contribution in [2.45, 2.75) is 45.2 Å². The number of nitrogens with one attached hydrogen (secondary N) is 3. The predicted molar refractivity (Wildman–Crippen MR) is 127 cm³/mol. The van der Waals surface area contributed by atoms with Gasteiger partial charge in [0.25, 0.3) is 11.8 Å². The maximum absolute atomic E-state index is 12.7. The van der Waals surface area contributed by atoms with Crippen LogP contribution in [0.2, 0.25) is 0 Å². The summed E-state index contributed by atoms with van der Waals surface area (Å²) in [6.07, 6.45) is 2.95. The van der Waals surface area contributed by atoms with Gasteiger partial charge in [-0.05, 0) is 18.8 Å². The number of rotatable bonds is 18. The van der Waals surface area contributed by atoms with Crippen molar-refractivity contribution in [2.24, 2.45) is 17.4 Å². The molecule has 1 rings (SSSR count). The number of primary amides is 2. The molecule has 0 spiro atoms. The highest BCUT2D eigenvalue weighted by atomic mass is 16.5. The Labute approximate surface area is 209 Å². The number of nitrogens with two attached hydrogens (primary N) is 2. The van der Waals surface area contributed by atoms with E-state index in [1.54, 1.807) is 13.8 Å². The lowest BCUT2D eigenvalue weighted by Crippen LogP contribution is -2.54. The van der Waals surface area contributed by atoms with Crippen LogP contribution in [0.25, 0.3) is 0 Å². The van der Waals surface area contributed by atoms with Gasteiger partial charge in [-0.3, -0.25) is 28.9 Å². The van der Waals surface area contributed by atoms with Gasteiger partial charge in [0.2, 0.25) is 17.7 Å². The number of hydrogen-bond donors (Lipinski definition) is 5. The number of nitrogens with zero attached hydrogens (tertiary/aromatic N) is 1. The van der Waals surface area contributed by atoms with E-state index in [0.717, 1.165) is 4.90 Å². The Hall–Kier alpha value is -3.52. The molecule has 1 heterocycles. The van der Waals surface area contributed by atoms with Crippen molar-refractivity contribution in [3.63, 3.8) is 0 Å². The molecule has 1 aliphatic heterocycles. The van der Waals surface area contributed by atoms with Gasteiger partial charge in [-0.15, -0.1) is 0 Å². The zero-order valence-electron chi connectivity index (χ0n) is 20.6. The van der Waals surface area contributed by atoms with E-state index in [2.05, 4.69) is 16.0 Å². The average Bonchev–Trinajstić information content (AvgIpc) is 3.12. The van der Waals surface area contributed by atoms with E-state index in [-0.39, 0.29) is 70.1 Å². The molecule has 0 saturated carbocycles. The molecule has 0 aromatic heterocycles. The molecule has 1 unspecified atom stereocenters. The normalized spacial score (nSPS) is 14.6. The van der Waals surface area contributed by atoms with E-state index < -0.39 is 35.8 Å². The molecule has 0 radical (unpaired) electrons. The molecule has 1 aliphatic rings. The molecule has 0 aromatic rings. The summed E-state index contributed by atoms with van der Waals surface area (Å²) in [4.78, 5) is 71.2. The maximum Gasteiger partial charge on any atom is 0.312 e. The first kappa shape index (κ1) is 30.5. The molecule has 14 heteroatoms. The van der Waals surface area contributed by atoms with Gasteiger partial charge in [-0.2, -0.15) is 0 Å². The van der Waals surface area contributed by atoms with Crippen LogP contribution < -0.4 is 27.4 Å². The van der Waals surface area contributed by atoms with Gasteiger partial charge in [0.15, 0.2) is 0 Å². The Bertz CT molecular complexity index is 813. The lowest BCUT2D eigenvalue weighted by molar-refractivity contribution is -0.137. The fourth-order valence-corrected chi connectivity index (χ4v) is 3.14. The van der Waals surface area contributed by atoms with E-state index in [9.17, 15) is 28.8 Å². The van der Waals surface area contributed by atoms with Gasteiger partial charge in [-0.25, -0.2) is 4.79 Å². The third kappa shape index (κ3) is 11.8. The molecule has 7 N–H and O–H groups in total. The highest BCUT2D eigenvalue weighted by Crippen LogP contribution is 2.05. The third-order valence-corrected chi connectivity index (χ3v) is 5.10. The monoisotopic (exact) mass is 512 g/mol. The van der Waals surface area contributed by atoms with Gasteiger partial charge in [0.1, 0.15) is 12.1 Å². The van der Waals surface area contributed by atoms with Gasteiger partial charge in [0, 0.05) is 25.1 Å². The van der Waals surface area contributed by atoms with Crippen LogP contribution in [-0.2, 0) is 33.4 Å². The van der Waals surface area contributed by atoms with Crippen LogP contribution in [0, 0.1) is 5.92 Å². The molecule has 0 bridgehead atoms. The summed E-state index contributed by atoms with van der Waals surface area (Å²) in [5.74, 6) is -2.71. The summed E-state index contributed by atoms with van der Waals surface area (Å²) < 4.78 is 10.7. The first-order valence-electron chi connectivity index (χ1n) is 11.6. The lowest BCUT2D eigenvalue weighted by Gasteiger charge is -2.24. The highest BCUT2D eigenvalue weighted by molar-refractivity contribution is 6.12. The summed E-state index contributed by atoms with van der Waals surface area (Å²) in [6, 6.07) is -2.55. The van der Waals surface area contributed by atoms with Crippen molar-refractivity contribution in [2.75, 3.05) is 39.5 Å². The molecule has 36 heavy (non-hydrogen) atoms. The van der Waals surface area contributed by atoms with Crippen LogP contribution in [0.1, 0.15) is 33.1 Å². The Morgan fingerprint density at radius 3 is 2.11 bits per heavy atom. The lowest BCUT2D eigenvalue weighted by atomic mass is 10.0. The number of imide groups is 1. The quantitative estimate of drug-likeness (QED) is 0.101. The topological polar surface area (TPSA) is 212 Å². The molecule has 2 atom stereocenters. The van der Waals surface area contributed by atoms with Crippen molar-refractivity contribution in [1.29, 1.82) is 0 Å². The van der Waals surface area contributed by atoms with E-state index in [1.807, 2.05) is 0 Å². The predicted octanol–water partition coefficient (Wildman–Crippen LogP) is -2.11. The molecule has 0 saturated heterocycles. The smallest absolute Gasteiger partial charge is 0.312 e. The first-order valence-corrected chi connectivity index (χ1v) is 11.6. The minimum absolute atomic E-state index is 0.00299. The molecule has 0 aliphatic carbocycles. The Morgan fingerprint density at radius 2 is 1.56 bits per heavy atom.